The number of thiocarbonyl (C=S) groups is 1. The minimum Gasteiger partial charge on any atom is -0.326 e. The van der Waals surface area contributed by atoms with Crippen LogP contribution < -0.4 is 15.1 Å². The topological polar surface area (TPSA) is 89.3 Å². The zero-order chi connectivity index (χ0) is 23.2. The molecule has 0 spiro atoms. The standard InChI is InChI=1S/C21H16F3N5O2S/c1-2-18(30)27-12-5-3-11-4-6-16-19(31)28(20(32)29(16)17(11)7-12)13-8-14(21(22,23)24)15(9-25)26-10-13/h3,5,7-8,10,16H,2,4,6H2,1H3,(H,27,30). The minimum atomic E-state index is -4.81. The van der Waals surface area contributed by atoms with Gasteiger partial charge in [0.2, 0.25) is 5.91 Å². The molecule has 0 saturated carbocycles. The first kappa shape index (κ1) is 21.7. The number of carbonyl (C=O) groups excluding carboxylic acids is 2. The van der Waals surface area contributed by atoms with Crippen molar-refractivity contribution >= 4 is 46.2 Å². The maximum atomic E-state index is 13.4. The number of fused-ring (bicyclic) bond motifs is 3. The van der Waals surface area contributed by atoms with Crippen LogP contribution in [0.4, 0.5) is 30.2 Å². The molecule has 1 N–H and O–H groups in total. The van der Waals surface area contributed by atoms with Crippen LogP contribution >= 0.6 is 12.2 Å². The summed E-state index contributed by atoms with van der Waals surface area (Å²) in [5.41, 5.74) is -0.112. The maximum absolute atomic E-state index is 13.4. The van der Waals surface area contributed by atoms with Crippen molar-refractivity contribution in [3.05, 3.63) is 47.3 Å². The van der Waals surface area contributed by atoms with Crippen LogP contribution in [-0.2, 0) is 22.2 Å². The number of benzene rings is 1. The lowest BCUT2D eigenvalue weighted by Crippen LogP contribution is -2.39. The predicted octanol–water partition coefficient (Wildman–Crippen LogP) is 3.77. The monoisotopic (exact) mass is 459 g/mol. The Morgan fingerprint density at radius 2 is 2.12 bits per heavy atom. The molecule has 2 aliphatic rings. The number of hydrogen-bond acceptors (Lipinski definition) is 5. The van der Waals surface area contributed by atoms with Crippen molar-refractivity contribution in [3.8, 4) is 6.07 Å². The molecule has 1 saturated heterocycles. The molecule has 11 heteroatoms. The van der Waals surface area contributed by atoms with E-state index in [2.05, 4.69) is 10.3 Å². The summed E-state index contributed by atoms with van der Waals surface area (Å²) >= 11 is 5.50. The number of amides is 2. The van der Waals surface area contributed by atoms with E-state index in [-0.39, 0.29) is 16.7 Å². The van der Waals surface area contributed by atoms with Crippen LogP contribution in [-0.4, -0.2) is 28.0 Å². The van der Waals surface area contributed by atoms with Gasteiger partial charge in [0.1, 0.15) is 12.1 Å². The lowest BCUT2D eigenvalue weighted by Gasteiger charge is -2.31. The largest absolute Gasteiger partial charge is 0.419 e. The van der Waals surface area contributed by atoms with Crippen molar-refractivity contribution in [2.24, 2.45) is 0 Å². The Kier molecular flexibility index (Phi) is 5.34. The molecule has 3 heterocycles. The van der Waals surface area contributed by atoms with Crippen molar-refractivity contribution in [2.75, 3.05) is 15.1 Å². The van der Waals surface area contributed by atoms with Gasteiger partial charge in [0.15, 0.2) is 10.8 Å². The number of pyridine rings is 1. The van der Waals surface area contributed by atoms with E-state index in [4.69, 9.17) is 17.5 Å². The highest BCUT2D eigenvalue weighted by molar-refractivity contribution is 7.81. The molecule has 0 bridgehead atoms. The van der Waals surface area contributed by atoms with Gasteiger partial charge in [-0.1, -0.05) is 13.0 Å². The first-order valence-electron chi connectivity index (χ1n) is 9.73. The molecular formula is C21H16F3N5O2S. The lowest BCUT2D eigenvalue weighted by atomic mass is 9.96. The molecule has 2 aliphatic heterocycles. The number of alkyl halides is 3. The van der Waals surface area contributed by atoms with Gasteiger partial charge in [-0.05, 0) is 48.8 Å². The second-order valence-corrected chi connectivity index (χ2v) is 7.69. The average molecular weight is 459 g/mol. The van der Waals surface area contributed by atoms with Crippen molar-refractivity contribution < 1.29 is 22.8 Å². The average Bonchev–Trinajstić information content (AvgIpc) is 3.02. The first-order valence-corrected chi connectivity index (χ1v) is 10.1. The van der Waals surface area contributed by atoms with Crippen LogP contribution in [0.2, 0.25) is 0 Å². The molecule has 4 rings (SSSR count). The fourth-order valence-electron chi connectivity index (χ4n) is 3.86. The number of nitrogens with zero attached hydrogens (tertiary/aromatic N) is 4. The number of aryl methyl sites for hydroxylation is 1. The quantitative estimate of drug-likeness (QED) is 0.703. The third-order valence-corrected chi connectivity index (χ3v) is 5.77. The lowest BCUT2D eigenvalue weighted by molar-refractivity contribution is -0.138. The highest BCUT2D eigenvalue weighted by Crippen LogP contribution is 2.40. The molecule has 1 aromatic heterocycles. The van der Waals surface area contributed by atoms with E-state index in [9.17, 15) is 22.8 Å². The first-order chi connectivity index (χ1) is 15.2. The molecule has 0 aliphatic carbocycles. The maximum Gasteiger partial charge on any atom is 0.419 e. The Morgan fingerprint density at radius 1 is 1.38 bits per heavy atom. The number of aromatic nitrogens is 1. The summed E-state index contributed by atoms with van der Waals surface area (Å²) in [5.74, 6) is -0.648. The summed E-state index contributed by atoms with van der Waals surface area (Å²) in [4.78, 5) is 31.1. The van der Waals surface area contributed by atoms with Gasteiger partial charge in [-0.25, -0.2) is 4.98 Å². The van der Waals surface area contributed by atoms with Crippen LogP contribution in [0.5, 0.6) is 0 Å². The fourth-order valence-corrected chi connectivity index (χ4v) is 4.28. The Labute approximate surface area is 186 Å². The van der Waals surface area contributed by atoms with Crippen LogP contribution in [0.25, 0.3) is 0 Å². The highest BCUT2D eigenvalue weighted by atomic mass is 32.1. The normalized spacial score (nSPS) is 17.7. The smallest absolute Gasteiger partial charge is 0.326 e. The number of halogens is 3. The van der Waals surface area contributed by atoms with Gasteiger partial charge < -0.3 is 10.2 Å². The van der Waals surface area contributed by atoms with Gasteiger partial charge >= 0.3 is 6.18 Å². The molecule has 1 atom stereocenters. The molecule has 1 unspecified atom stereocenters. The van der Waals surface area contributed by atoms with E-state index < -0.39 is 29.4 Å². The number of hydrogen-bond donors (Lipinski definition) is 1. The van der Waals surface area contributed by atoms with Crippen molar-refractivity contribution in [1.29, 1.82) is 5.26 Å². The second kappa shape index (κ2) is 7.87. The molecule has 32 heavy (non-hydrogen) atoms. The molecule has 164 valence electrons. The van der Waals surface area contributed by atoms with Gasteiger partial charge in [-0.15, -0.1) is 0 Å². The minimum absolute atomic E-state index is 0.0135. The summed E-state index contributed by atoms with van der Waals surface area (Å²) < 4.78 is 40.2. The van der Waals surface area contributed by atoms with Crippen LogP contribution in [0, 0.1) is 11.3 Å². The molecule has 2 amide bonds. The van der Waals surface area contributed by atoms with Gasteiger partial charge in [-0.2, -0.15) is 18.4 Å². The van der Waals surface area contributed by atoms with E-state index in [0.29, 0.717) is 36.7 Å². The Morgan fingerprint density at radius 3 is 2.78 bits per heavy atom. The summed E-state index contributed by atoms with van der Waals surface area (Å²) in [7, 11) is 0. The SMILES string of the molecule is CCC(=O)Nc1ccc2c(c1)N1C(=S)N(c3cnc(C#N)c(C(F)(F)F)c3)C(=O)C1CC2. The Bertz CT molecular complexity index is 1190. The molecule has 2 aromatic rings. The van der Waals surface area contributed by atoms with Crippen LogP contribution in [0.15, 0.2) is 30.5 Å². The third-order valence-electron chi connectivity index (χ3n) is 5.39. The van der Waals surface area contributed by atoms with Crippen molar-refractivity contribution in [3.63, 3.8) is 0 Å². The zero-order valence-corrected chi connectivity index (χ0v) is 17.5. The zero-order valence-electron chi connectivity index (χ0n) is 16.7. The predicted molar refractivity (Wildman–Crippen MR) is 114 cm³/mol. The van der Waals surface area contributed by atoms with Gasteiger partial charge in [0.25, 0.3) is 5.91 Å². The molecule has 1 fully saturated rings. The van der Waals surface area contributed by atoms with E-state index in [1.165, 1.54) is 6.07 Å². The van der Waals surface area contributed by atoms with Crippen molar-refractivity contribution in [2.45, 2.75) is 38.4 Å². The number of carbonyl (C=O) groups is 2. The molecule has 7 nitrogen and oxygen atoms in total. The number of nitrogens with one attached hydrogen (secondary N) is 1. The summed E-state index contributed by atoms with van der Waals surface area (Å²) in [6, 6.07) is 6.74. The molecule has 1 aromatic carbocycles. The van der Waals surface area contributed by atoms with E-state index in [0.717, 1.165) is 16.7 Å². The third kappa shape index (κ3) is 3.56. The van der Waals surface area contributed by atoms with Crippen molar-refractivity contribution in [1.82, 2.24) is 4.98 Å². The fraction of sp³-hybridized carbons (Fsp3) is 0.286. The van der Waals surface area contributed by atoms with E-state index in [1.54, 1.807) is 24.0 Å². The molecular weight excluding hydrogens is 443 g/mol. The second-order valence-electron chi connectivity index (χ2n) is 7.33. The summed E-state index contributed by atoms with van der Waals surface area (Å²) in [6.07, 6.45) is -2.49. The number of anilines is 3. The highest BCUT2D eigenvalue weighted by Gasteiger charge is 2.47. The van der Waals surface area contributed by atoms with Gasteiger partial charge in [0.05, 0.1) is 17.4 Å². The number of rotatable bonds is 3. The van der Waals surface area contributed by atoms with Gasteiger partial charge in [-0.3, -0.25) is 14.5 Å². The van der Waals surface area contributed by atoms with E-state index in [1.807, 2.05) is 6.07 Å². The van der Waals surface area contributed by atoms with Gasteiger partial charge in [0, 0.05) is 17.8 Å². The van der Waals surface area contributed by atoms with E-state index >= 15 is 0 Å². The Balaban J connectivity index is 1.75. The summed E-state index contributed by atoms with van der Waals surface area (Å²) in [5, 5.41) is 11.7. The Hall–Kier alpha value is -3.52. The number of nitriles is 1. The van der Waals surface area contributed by atoms with Crippen LogP contribution in [0.3, 0.4) is 0 Å². The van der Waals surface area contributed by atoms with Crippen LogP contribution in [0.1, 0.15) is 36.6 Å². The summed E-state index contributed by atoms with van der Waals surface area (Å²) in [6.45, 7) is 1.72. The molecule has 0 radical (unpaired) electrons.